The Bertz CT molecular complexity index is 606. The highest BCUT2D eigenvalue weighted by Gasteiger charge is 2.41. The van der Waals surface area contributed by atoms with Crippen LogP contribution in [0.1, 0.15) is 26.3 Å². The minimum atomic E-state index is -0.997. The van der Waals surface area contributed by atoms with Gasteiger partial charge in [-0.05, 0) is 6.07 Å². The van der Waals surface area contributed by atoms with E-state index in [-0.39, 0.29) is 12.0 Å². The molecule has 1 aliphatic heterocycles. The van der Waals surface area contributed by atoms with Gasteiger partial charge in [0.05, 0.1) is 31.0 Å². The number of morpholine rings is 1. The Morgan fingerprint density at radius 1 is 1.61 bits per heavy atom. The highest BCUT2D eigenvalue weighted by atomic mass is 16.5. The lowest BCUT2D eigenvalue weighted by Gasteiger charge is -2.43. The molecule has 1 aliphatic rings. The summed E-state index contributed by atoms with van der Waals surface area (Å²) in [5.41, 5.74) is 0.00889. The number of nitrogens with zero attached hydrogens (tertiary/aromatic N) is 3. The lowest BCUT2D eigenvalue weighted by molar-refractivity contribution is -0.0697. The summed E-state index contributed by atoms with van der Waals surface area (Å²) in [6.45, 7) is 6.83. The van der Waals surface area contributed by atoms with Crippen molar-refractivity contribution in [3.05, 3.63) is 24.0 Å². The second-order valence-electron chi connectivity index (χ2n) is 6.51. The summed E-state index contributed by atoms with van der Waals surface area (Å²) in [6.07, 6.45) is 1.52. The zero-order chi connectivity index (χ0) is 17.0. The number of amides is 1. The Balaban J connectivity index is 2.34. The monoisotopic (exact) mass is 319 g/mol. The molecule has 1 saturated heterocycles. The quantitative estimate of drug-likeness (QED) is 0.917. The van der Waals surface area contributed by atoms with Gasteiger partial charge in [-0.2, -0.15) is 5.26 Å². The van der Waals surface area contributed by atoms with Crippen LogP contribution in [0.15, 0.2) is 18.5 Å². The van der Waals surface area contributed by atoms with Crippen molar-refractivity contribution in [3.8, 4) is 11.8 Å². The molecule has 0 aliphatic carbocycles. The summed E-state index contributed by atoms with van der Waals surface area (Å²) in [7, 11) is 0. The second kappa shape index (κ2) is 6.84. The van der Waals surface area contributed by atoms with Crippen molar-refractivity contribution >= 4 is 6.09 Å². The Hall–Kier alpha value is -2.33. The smallest absolute Gasteiger partial charge is 0.407 e. The molecule has 1 unspecified atom stereocenters. The zero-order valence-corrected chi connectivity index (χ0v) is 13.5. The molecule has 7 nitrogen and oxygen atoms in total. The molecular weight excluding hydrogens is 298 g/mol. The van der Waals surface area contributed by atoms with E-state index >= 15 is 0 Å². The molecule has 124 valence electrons. The normalized spacial score (nSPS) is 19.7. The van der Waals surface area contributed by atoms with Crippen molar-refractivity contribution in [1.29, 1.82) is 5.26 Å². The van der Waals surface area contributed by atoms with Crippen LogP contribution in [0.2, 0.25) is 0 Å². The van der Waals surface area contributed by atoms with E-state index in [0.29, 0.717) is 24.5 Å². The standard InChI is InChI=1S/C16H21N3O4/c1-16(2,3)14(12-10-22-7-6-19(12)15(20)21)23-13-9-18-5-4-11(13)8-17/h4-5,9,12,14H,6-7,10H2,1-3H3,(H,20,21)/t12-,14?/m1/s1. The maximum Gasteiger partial charge on any atom is 0.407 e. The van der Waals surface area contributed by atoms with Gasteiger partial charge in [-0.25, -0.2) is 4.79 Å². The average Bonchev–Trinajstić information content (AvgIpc) is 2.51. The summed E-state index contributed by atoms with van der Waals surface area (Å²) < 4.78 is 11.5. The predicted octanol–water partition coefficient (Wildman–Crippen LogP) is 2.13. The van der Waals surface area contributed by atoms with E-state index in [0.717, 1.165) is 0 Å². The predicted molar refractivity (Wildman–Crippen MR) is 82.2 cm³/mol. The summed E-state index contributed by atoms with van der Waals surface area (Å²) in [6, 6.07) is 3.18. The first kappa shape index (κ1) is 17.0. The van der Waals surface area contributed by atoms with Gasteiger partial charge in [0, 0.05) is 18.2 Å². The molecule has 2 atom stereocenters. The number of carboxylic acid groups (broad SMARTS) is 1. The lowest BCUT2D eigenvalue weighted by Crippen LogP contribution is -2.58. The van der Waals surface area contributed by atoms with E-state index < -0.39 is 18.2 Å². The van der Waals surface area contributed by atoms with Crippen LogP contribution >= 0.6 is 0 Å². The Morgan fingerprint density at radius 3 is 2.96 bits per heavy atom. The molecule has 0 spiro atoms. The van der Waals surface area contributed by atoms with Gasteiger partial charge < -0.3 is 14.6 Å². The molecule has 0 saturated carbocycles. The molecule has 0 aromatic carbocycles. The summed E-state index contributed by atoms with van der Waals surface area (Å²) >= 11 is 0. The minimum Gasteiger partial charge on any atom is -0.485 e. The van der Waals surface area contributed by atoms with E-state index in [4.69, 9.17) is 9.47 Å². The molecule has 1 amide bonds. The first-order valence-electron chi connectivity index (χ1n) is 7.42. The number of ether oxygens (including phenoxy) is 2. The molecule has 0 radical (unpaired) electrons. The molecule has 1 aromatic heterocycles. The molecular formula is C16H21N3O4. The molecule has 23 heavy (non-hydrogen) atoms. The van der Waals surface area contributed by atoms with Crippen molar-refractivity contribution < 1.29 is 19.4 Å². The molecule has 2 heterocycles. The van der Waals surface area contributed by atoms with Crippen LogP contribution < -0.4 is 4.74 Å². The minimum absolute atomic E-state index is 0.260. The third-order valence-corrected chi connectivity index (χ3v) is 3.77. The van der Waals surface area contributed by atoms with Gasteiger partial charge in [-0.3, -0.25) is 9.88 Å². The van der Waals surface area contributed by atoms with Crippen molar-refractivity contribution in [2.24, 2.45) is 5.41 Å². The Morgan fingerprint density at radius 2 is 2.35 bits per heavy atom. The van der Waals surface area contributed by atoms with Crippen LogP contribution in [0, 0.1) is 16.7 Å². The Labute approximate surface area is 135 Å². The van der Waals surface area contributed by atoms with E-state index in [1.54, 1.807) is 6.07 Å². The fourth-order valence-corrected chi connectivity index (χ4v) is 2.65. The summed E-state index contributed by atoms with van der Waals surface area (Å²) in [4.78, 5) is 16.9. The van der Waals surface area contributed by atoms with Crippen molar-refractivity contribution in [2.45, 2.75) is 32.9 Å². The Kier molecular flexibility index (Phi) is 5.06. The molecule has 7 heteroatoms. The number of carbonyl (C=O) groups is 1. The van der Waals surface area contributed by atoms with Crippen LogP contribution in [0.25, 0.3) is 0 Å². The summed E-state index contributed by atoms with van der Waals surface area (Å²) in [5.74, 6) is 0.353. The number of hydrogen-bond donors (Lipinski definition) is 1. The van der Waals surface area contributed by atoms with Crippen LogP contribution in [0.3, 0.4) is 0 Å². The number of rotatable bonds is 3. The van der Waals surface area contributed by atoms with Gasteiger partial charge in [0.1, 0.15) is 12.2 Å². The van der Waals surface area contributed by atoms with Gasteiger partial charge in [0.2, 0.25) is 0 Å². The van der Waals surface area contributed by atoms with Crippen molar-refractivity contribution in [1.82, 2.24) is 9.88 Å². The maximum absolute atomic E-state index is 11.5. The molecule has 1 N–H and O–H groups in total. The molecule has 1 aromatic rings. The van der Waals surface area contributed by atoms with Crippen molar-refractivity contribution in [3.63, 3.8) is 0 Å². The van der Waals surface area contributed by atoms with Crippen molar-refractivity contribution in [2.75, 3.05) is 19.8 Å². The van der Waals surface area contributed by atoms with Gasteiger partial charge in [0.15, 0.2) is 5.75 Å². The molecule has 2 rings (SSSR count). The van der Waals surface area contributed by atoms with Crippen LogP contribution in [0.5, 0.6) is 5.75 Å². The zero-order valence-electron chi connectivity index (χ0n) is 13.5. The maximum atomic E-state index is 11.5. The topological polar surface area (TPSA) is 95.7 Å². The van der Waals surface area contributed by atoms with E-state index in [2.05, 4.69) is 11.1 Å². The van der Waals surface area contributed by atoms with Gasteiger partial charge in [-0.1, -0.05) is 20.8 Å². The highest BCUT2D eigenvalue weighted by molar-refractivity contribution is 5.65. The fourth-order valence-electron chi connectivity index (χ4n) is 2.65. The van der Waals surface area contributed by atoms with Gasteiger partial charge >= 0.3 is 6.09 Å². The third kappa shape index (κ3) is 3.90. The number of hydrogen-bond acceptors (Lipinski definition) is 5. The van der Waals surface area contributed by atoms with Crippen LogP contribution in [0.4, 0.5) is 4.79 Å². The van der Waals surface area contributed by atoms with E-state index in [1.807, 2.05) is 20.8 Å². The third-order valence-electron chi connectivity index (χ3n) is 3.77. The van der Waals surface area contributed by atoms with E-state index in [1.165, 1.54) is 17.3 Å². The second-order valence-corrected chi connectivity index (χ2v) is 6.51. The highest BCUT2D eigenvalue weighted by Crippen LogP contribution is 2.31. The fraction of sp³-hybridized carbons (Fsp3) is 0.562. The van der Waals surface area contributed by atoms with E-state index in [9.17, 15) is 15.2 Å². The average molecular weight is 319 g/mol. The molecule has 1 fully saturated rings. The first-order valence-corrected chi connectivity index (χ1v) is 7.42. The van der Waals surface area contributed by atoms with Gasteiger partial charge in [0.25, 0.3) is 0 Å². The SMILES string of the molecule is CC(C)(C)C(Oc1cnccc1C#N)[C@H]1COCCN1C(=O)O. The van der Waals surface area contributed by atoms with Gasteiger partial charge in [-0.15, -0.1) is 0 Å². The first-order chi connectivity index (χ1) is 10.8. The number of nitriles is 1. The van der Waals surface area contributed by atoms with Crippen LogP contribution in [-0.4, -0.2) is 53.0 Å². The summed E-state index contributed by atoms with van der Waals surface area (Å²) in [5, 5.41) is 18.6. The number of pyridine rings is 1. The number of aromatic nitrogens is 1. The lowest BCUT2D eigenvalue weighted by atomic mass is 9.83. The largest absolute Gasteiger partial charge is 0.485 e. The molecule has 0 bridgehead atoms. The van der Waals surface area contributed by atoms with Crippen LogP contribution in [-0.2, 0) is 4.74 Å².